The number of rotatable bonds is 7. The SMILES string of the molecule is CCOC(OCC)c1cn(Cc2ccc(F)cc2C)nn1. The Kier molecular flexibility index (Phi) is 5.41. The van der Waals surface area contributed by atoms with Crippen molar-refractivity contribution in [2.45, 2.75) is 33.6 Å². The van der Waals surface area contributed by atoms with Gasteiger partial charge in [0.25, 0.3) is 0 Å². The zero-order valence-electron chi connectivity index (χ0n) is 12.5. The molecule has 0 saturated heterocycles. The quantitative estimate of drug-likeness (QED) is 0.737. The van der Waals surface area contributed by atoms with Crippen LogP contribution < -0.4 is 0 Å². The third kappa shape index (κ3) is 4.09. The molecule has 1 aromatic heterocycles. The maximum Gasteiger partial charge on any atom is 0.204 e. The molecule has 0 bridgehead atoms. The predicted molar refractivity (Wildman–Crippen MR) is 76.3 cm³/mol. The number of hydrogen-bond acceptors (Lipinski definition) is 4. The second-order valence-electron chi connectivity index (χ2n) is 4.65. The Hall–Kier alpha value is -1.79. The van der Waals surface area contributed by atoms with Crippen LogP contribution in [-0.4, -0.2) is 28.2 Å². The fourth-order valence-electron chi connectivity index (χ4n) is 2.03. The van der Waals surface area contributed by atoms with Crippen molar-refractivity contribution < 1.29 is 13.9 Å². The van der Waals surface area contributed by atoms with E-state index in [0.29, 0.717) is 25.5 Å². The molecule has 1 heterocycles. The van der Waals surface area contributed by atoms with Crippen LogP contribution in [0.15, 0.2) is 24.4 Å². The van der Waals surface area contributed by atoms with Crippen LogP contribution >= 0.6 is 0 Å². The molecule has 0 spiro atoms. The highest BCUT2D eigenvalue weighted by Gasteiger charge is 2.15. The molecule has 0 fully saturated rings. The first-order valence-corrected chi connectivity index (χ1v) is 7.02. The molecule has 21 heavy (non-hydrogen) atoms. The van der Waals surface area contributed by atoms with Gasteiger partial charge in [0, 0.05) is 13.2 Å². The smallest absolute Gasteiger partial charge is 0.204 e. The lowest BCUT2D eigenvalue weighted by Gasteiger charge is -2.13. The van der Waals surface area contributed by atoms with E-state index in [-0.39, 0.29) is 5.82 Å². The lowest BCUT2D eigenvalue weighted by atomic mass is 10.1. The number of hydrogen-bond donors (Lipinski definition) is 0. The van der Waals surface area contributed by atoms with Gasteiger partial charge in [-0.1, -0.05) is 11.3 Å². The highest BCUT2D eigenvalue weighted by molar-refractivity contribution is 5.26. The molecule has 0 saturated carbocycles. The van der Waals surface area contributed by atoms with Crippen molar-refractivity contribution in [3.8, 4) is 0 Å². The number of halogens is 1. The molecule has 0 aliphatic carbocycles. The summed E-state index contributed by atoms with van der Waals surface area (Å²) >= 11 is 0. The molecule has 0 amide bonds. The summed E-state index contributed by atoms with van der Waals surface area (Å²) in [5, 5.41) is 8.16. The van der Waals surface area contributed by atoms with Gasteiger partial charge in [0.15, 0.2) is 0 Å². The van der Waals surface area contributed by atoms with Crippen LogP contribution in [0.5, 0.6) is 0 Å². The van der Waals surface area contributed by atoms with E-state index in [1.807, 2.05) is 20.8 Å². The van der Waals surface area contributed by atoms with E-state index in [9.17, 15) is 4.39 Å². The average Bonchev–Trinajstić information content (AvgIpc) is 2.90. The summed E-state index contributed by atoms with van der Waals surface area (Å²) in [5.74, 6) is -0.233. The molecule has 0 aliphatic heterocycles. The molecule has 6 heteroatoms. The van der Waals surface area contributed by atoms with E-state index in [0.717, 1.165) is 11.1 Å². The topological polar surface area (TPSA) is 49.2 Å². The summed E-state index contributed by atoms with van der Waals surface area (Å²) in [6.45, 7) is 7.28. The maximum atomic E-state index is 13.1. The molecule has 1 aromatic carbocycles. The number of aromatic nitrogens is 3. The Balaban J connectivity index is 2.11. The largest absolute Gasteiger partial charge is 0.347 e. The van der Waals surface area contributed by atoms with E-state index in [4.69, 9.17) is 9.47 Å². The summed E-state index contributed by atoms with van der Waals surface area (Å²) in [5.41, 5.74) is 2.52. The number of benzene rings is 1. The standard InChI is InChI=1S/C15H20FN3O2/c1-4-20-15(21-5-2)14-10-19(18-17-14)9-12-6-7-13(16)8-11(12)3/h6-8,10,15H,4-5,9H2,1-3H3. The summed E-state index contributed by atoms with van der Waals surface area (Å²) in [6, 6.07) is 4.72. The lowest BCUT2D eigenvalue weighted by molar-refractivity contribution is -0.142. The van der Waals surface area contributed by atoms with Crippen molar-refractivity contribution in [1.29, 1.82) is 0 Å². The van der Waals surface area contributed by atoms with Crippen LogP contribution in [0.2, 0.25) is 0 Å². The molecule has 0 atom stereocenters. The van der Waals surface area contributed by atoms with Crippen LogP contribution in [0, 0.1) is 12.7 Å². The minimum atomic E-state index is -0.497. The molecule has 114 valence electrons. The van der Waals surface area contributed by atoms with E-state index < -0.39 is 6.29 Å². The minimum absolute atomic E-state index is 0.233. The Morgan fingerprint density at radius 1 is 1.24 bits per heavy atom. The fourth-order valence-corrected chi connectivity index (χ4v) is 2.03. The summed E-state index contributed by atoms with van der Waals surface area (Å²) < 4.78 is 25.8. The highest BCUT2D eigenvalue weighted by Crippen LogP contribution is 2.17. The second-order valence-corrected chi connectivity index (χ2v) is 4.65. The van der Waals surface area contributed by atoms with Crippen molar-refractivity contribution in [3.63, 3.8) is 0 Å². The van der Waals surface area contributed by atoms with Gasteiger partial charge in [-0.2, -0.15) is 0 Å². The van der Waals surface area contributed by atoms with Crippen molar-refractivity contribution in [2.75, 3.05) is 13.2 Å². The normalized spacial score (nSPS) is 11.3. The molecule has 2 rings (SSSR count). The Labute approximate surface area is 123 Å². The van der Waals surface area contributed by atoms with Gasteiger partial charge < -0.3 is 9.47 Å². The van der Waals surface area contributed by atoms with Crippen molar-refractivity contribution in [2.24, 2.45) is 0 Å². The van der Waals surface area contributed by atoms with Gasteiger partial charge >= 0.3 is 0 Å². The first-order valence-electron chi connectivity index (χ1n) is 7.02. The Bertz CT molecular complexity index is 580. The third-order valence-corrected chi connectivity index (χ3v) is 3.07. The molecule has 0 unspecified atom stereocenters. The van der Waals surface area contributed by atoms with Gasteiger partial charge in [0.05, 0.1) is 12.7 Å². The number of nitrogens with zero attached hydrogens (tertiary/aromatic N) is 3. The molecule has 0 N–H and O–H groups in total. The zero-order chi connectivity index (χ0) is 15.2. The Morgan fingerprint density at radius 3 is 2.57 bits per heavy atom. The second kappa shape index (κ2) is 7.28. The van der Waals surface area contributed by atoms with Crippen molar-refractivity contribution >= 4 is 0 Å². The van der Waals surface area contributed by atoms with E-state index >= 15 is 0 Å². The predicted octanol–water partition coefficient (Wildman–Crippen LogP) is 2.85. The summed E-state index contributed by atoms with van der Waals surface area (Å²) in [6.07, 6.45) is 1.29. The van der Waals surface area contributed by atoms with Crippen LogP contribution in [0.3, 0.4) is 0 Å². The highest BCUT2D eigenvalue weighted by atomic mass is 19.1. The van der Waals surface area contributed by atoms with Gasteiger partial charge in [-0.05, 0) is 44.0 Å². The summed E-state index contributed by atoms with van der Waals surface area (Å²) in [4.78, 5) is 0. The third-order valence-electron chi connectivity index (χ3n) is 3.07. The first kappa shape index (κ1) is 15.6. The van der Waals surface area contributed by atoms with Crippen molar-refractivity contribution in [1.82, 2.24) is 15.0 Å². The molecule has 5 nitrogen and oxygen atoms in total. The molecular formula is C15H20FN3O2. The van der Waals surface area contributed by atoms with Crippen molar-refractivity contribution in [3.05, 3.63) is 47.0 Å². The van der Waals surface area contributed by atoms with Gasteiger partial charge in [-0.15, -0.1) is 5.10 Å². The lowest BCUT2D eigenvalue weighted by Crippen LogP contribution is -2.09. The molecular weight excluding hydrogens is 273 g/mol. The van der Waals surface area contributed by atoms with Gasteiger partial charge in [-0.25, -0.2) is 9.07 Å². The summed E-state index contributed by atoms with van der Waals surface area (Å²) in [7, 11) is 0. The minimum Gasteiger partial charge on any atom is -0.347 e. The van der Waals surface area contributed by atoms with Gasteiger partial charge in [-0.3, -0.25) is 0 Å². The Morgan fingerprint density at radius 2 is 1.95 bits per heavy atom. The van der Waals surface area contributed by atoms with E-state index in [1.165, 1.54) is 12.1 Å². The maximum absolute atomic E-state index is 13.1. The van der Waals surface area contributed by atoms with Gasteiger partial charge in [0.1, 0.15) is 11.5 Å². The zero-order valence-corrected chi connectivity index (χ0v) is 12.5. The first-order chi connectivity index (χ1) is 10.1. The van der Waals surface area contributed by atoms with Crippen LogP contribution in [-0.2, 0) is 16.0 Å². The van der Waals surface area contributed by atoms with E-state index in [1.54, 1.807) is 16.9 Å². The molecule has 0 aliphatic rings. The van der Waals surface area contributed by atoms with Crippen LogP contribution in [0.1, 0.15) is 37.0 Å². The average molecular weight is 293 g/mol. The number of aryl methyl sites for hydroxylation is 1. The van der Waals surface area contributed by atoms with Crippen LogP contribution in [0.4, 0.5) is 4.39 Å². The van der Waals surface area contributed by atoms with Crippen LogP contribution in [0.25, 0.3) is 0 Å². The monoisotopic (exact) mass is 293 g/mol. The van der Waals surface area contributed by atoms with Gasteiger partial charge in [0.2, 0.25) is 6.29 Å². The number of ether oxygens (including phenoxy) is 2. The molecule has 0 radical (unpaired) electrons. The fraction of sp³-hybridized carbons (Fsp3) is 0.467. The van der Waals surface area contributed by atoms with E-state index in [2.05, 4.69) is 10.3 Å². The molecule has 2 aromatic rings.